The van der Waals surface area contributed by atoms with Gasteiger partial charge in [-0.3, -0.25) is 0 Å². The van der Waals surface area contributed by atoms with Gasteiger partial charge in [-0.25, -0.2) is 0 Å². The van der Waals surface area contributed by atoms with Crippen LogP contribution < -0.4 is 0 Å². The molecule has 2 heterocycles. The monoisotopic (exact) mass is 420 g/mol. The van der Waals surface area contributed by atoms with E-state index < -0.39 is 0 Å². The Morgan fingerprint density at radius 1 is 1.23 bits per heavy atom. The molecule has 0 radical (unpaired) electrons. The fraction of sp³-hybridized carbons (Fsp3) is 0.778. The normalized spacial score (nSPS) is 27.5. The highest BCUT2D eigenvalue weighted by atomic mass is 127. The third-order valence-electron chi connectivity index (χ3n) is 4.55. The average molecular weight is 420 g/mol. The summed E-state index contributed by atoms with van der Waals surface area (Å²) in [7, 11) is 0. The van der Waals surface area contributed by atoms with Crippen LogP contribution in [0.5, 0.6) is 0 Å². The Kier molecular flexibility index (Phi) is 7.88. The molecule has 0 aromatic rings. The molecule has 3 atom stereocenters. The van der Waals surface area contributed by atoms with Crippen LogP contribution in [0.3, 0.4) is 0 Å². The summed E-state index contributed by atoms with van der Waals surface area (Å²) >= 11 is 2.32. The maximum Gasteiger partial charge on any atom is 0.157 e. The van der Waals surface area contributed by atoms with E-state index in [4.69, 9.17) is 14.2 Å². The molecule has 0 amide bonds. The van der Waals surface area contributed by atoms with Crippen molar-refractivity contribution in [2.45, 2.75) is 70.4 Å². The van der Waals surface area contributed by atoms with Crippen molar-refractivity contribution in [1.29, 1.82) is 0 Å². The summed E-state index contributed by atoms with van der Waals surface area (Å²) in [4.78, 5) is 0. The summed E-state index contributed by atoms with van der Waals surface area (Å²) in [6.45, 7) is 12.0. The van der Waals surface area contributed by atoms with Gasteiger partial charge in [-0.05, 0) is 76.2 Å². The Morgan fingerprint density at radius 3 is 2.64 bits per heavy atom. The minimum Gasteiger partial charge on any atom is -0.370 e. The van der Waals surface area contributed by atoms with Crippen molar-refractivity contribution in [3.63, 3.8) is 0 Å². The van der Waals surface area contributed by atoms with E-state index in [1.165, 1.54) is 22.0 Å². The number of hydrogen-bond donors (Lipinski definition) is 0. The lowest BCUT2D eigenvalue weighted by molar-refractivity contribution is -0.0586. The zero-order chi connectivity index (χ0) is 15.9. The van der Waals surface area contributed by atoms with Crippen molar-refractivity contribution in [1.82, 2.24) is 0 Å². The number of hydrogen-bond acceptors (Lipinski definition) is 3. The minimum absolute atomic E-state index is 0.0164. The summed E-state index contributed by atoms with van der Waals surface area (Å²) in [6, 6.07) is 0. The summed E-state index contributed by atoms with van der Waals surface area (Å²) in [6.07, 6.45) is 8.11. The molecule has 126 valence electrons. The topological polar surface area (TPSA) is 27.7 Å². The Morgan fingerprint density at radius 2 is 1.95 bits per heavy atom. The van der Waals surface area contributed by atoms with Crippen LogP contribution in [0.15, 0.2) is 22.3 Å². The predicted molar refractivity (Wildman–Crippen MR) is 98.1 cm³/mol. The van der Waals surface area contributed by atoms with E-state index in [1.807, 2.05) is 0 Å². The van der Waals surface area contributed by atoms with Crippen LogP contribution >= 0.6 is 22.6 Å². The molecule has 0 aromatic heterocycles. The second kappa shape index (κ2) is 9.40. The number of ether oxygens (including phenoxy) is 3. The largest absolute Gasteiger partial charge is 0.370 e. The van der Waals surface area contributed by atoms with Gasteiger partial charge in [0, 0.05) is 6.42 Å². The van der Waals surface area contributed by atoms with E-state index in [-0.39, 0.29) is 12.4 Å². The number of allylic oxidation sites excluding steroid dienone is 1. The van der Waals surface area contributed by atoms with E-state index in [0.29, 0.717) is 6.10 Å². The van der Waals surface area contributed by atoms with Gasteiger partial charge in [0.2, 0.25) is 0 Å². The van der Waals surface area contributed by atoms with Gasteiger partial charge in [-0.1, -0.05) is 20.1 Å². The van der Waals surface area contributed by atoms with Gasteiger partial charge in [-0.2, -0.15) is 0 Å². The minimum atomic E-state index is -0.0164. The average Bonchev–Trinajstić information content (AvgIpc) is 3.10. The lowest BCUT2D eigenvalue weighted by Crippen LogP contribution is -2.16. The van der Waals surface area contributed by atoms with Crippen molar-refractivity contribution in [2.75, 3.05) is 13.2 Å². The maximum atomic E-state index is 6.18. The first-order valence-electron chi connectivity index (χ1n) is 8.44. The van der Waals surface area contributed by atoms with E-state index in [2.05, 4.69) is 42.7 Å². The number of rotatable bonds is 9. The van der Waals surface area contributed by atoms with Gasteiger partial charge < -0.3 is 14.2 Å². The Bertz CT molecular complexity index is 377. The highest BCUT2D eigenvalue weighted by Gasteiger charge is 2.29. The SMILES string of the molecule is C=C(I)CC[C@@H](C)CC[C@@H]1O[C@@H](CCC2OCCO2)CC1=C. The van der Waals surface area contributed by atoms with Crippen LogP contribution in [0.4, 0.5) is 0 Å². The quantitative estimate of drug-likeness (QED) is 0.388. The van der Waals surface area contributed by atoms with Crippen molar-refractivity contribution >= 4 is 22.6 Å². The van der Waals surface area contributed by atoms with E-state index in [9.17, 15) is 0 Å². The highest BCUT2D eigenvalue weighted by molar-refractivity contribution is 14.1. The number of halogens is 1. The van der Waals surface area contributed by atoms with Crippen LogP contribution in [0, 0.1) is 5.92 Å². The molecule has 2 aliphatic heterocycles. The molecule has 0 aromatic carbocycles. The van der Waals surface area contributed by atoms with Gasteiger partial charge in [0.25, 0.3) is 0 Å². The zero-order valence-electron chi connectivity index (χ0n) is 13.7. The summed E-state index contributed by atoms with van der Waals surface area (Å²) in [5.41, 5.74) is 1.27. The second-order valence-corrected chi connectivity index (χ2v) is 8.12. The van der Waals surface area contributed by atoms with Gasteiger partial charge in [-0.15, -0.1) is 0 Å². The Balaban J connectivity index is 1.62. The molecular weight excluding hydrogens is 391 g/mol. The third-order valence-corrected chi connectivity index (χ3v) is 5.09. The van der Waals surface area contributed by atoms with Crippen LogP contribution in [-0.4, -0.2) is 31.7 Å². The molecule has 2 fully saturated rings. The lowest BCUT2D eigenvalue weighted by Gasteiger charge is -2.17. The van der Waals surface area contributed by atoms with Crippen molar-refractivity contribution in [3.05, 3.63) is 22.3 Å². The van der Waals surface area contributed by atoms with E-state index in [1.54, 1.807) is 0 Å². The molecule has 2 saturated heterocycles. The Labute approximate surface area is 148 Å². The second-order valence-electron chi connectivity index (χ2n) is 6.60. The fourth-order valence-electron chi connectivity index (χ4n) is 3.12. The molecule has 0 saturated carbocycles. The first-order chi connectivity index (χ1) is 10.5. The van der Waals surface area contributed by atoms with Gasteiger partial charge in [0.1, 0.15) is 0 Å². The molecule has 3 nitrogen and oxygen atoms in total. The molecule has 0 aliphatic carbocycles. The maximum absolute atomic E-state index is 6.18. The van der Waals surface area contributed by atoms with Gasteiger partial charge in [0.15, 0.2) is 6.29 Å². The van der Waals surface area contributed by atoms with Gasteiger partial charge in [0.05, 0.1) is 25.4 Å². The van der Waals surface area contributed by atoms with Crippen LogP contribution in [-0.2, 0) is 14.2 Å². The van der Waals surface area contributed by atoms with E-state index in [0.717, 1.165) is 51.2 Å². The molecule has 0 bridgehead atoms. The van der Waals surface area contributed by atoms with E-state index >= 15 is 0 Å². The summed E-state index contributed by atoms with van der Waals surface area (Å²) in [5.74, 6) is 0.724. The van der Waals surface area contributed by atoms with Gasteiger partial charge >= 0.3 is 0 Å². The van der Waals surface area contributed by atoms with Crippen LogP contribution in [0.25, 0.3) is 0 Å². The zero-order valence-corrected chi connectivity index (χ0v) is 15.8. The standard InChI is InChI=1S/C18H29IO3/c1-13(4-6-15(3)19)5-8-17-14(2)12-16(22-17)7-9-18-20-10-11-21-18/h13,16-18H,2-12H2,1H3/t13-,16+,17+/m1/s1. The van der Waals surface area contributed by atoms with Crippen LogP contribution in [0.2, 0.25) is 0 Å². The van der Waals surface area contributed by atoms with Crippen LogP contribution in [0.1, 0.15) is 51.9 Å². The Hall–Kier alpha value is 0.0900. The van der Waals surface area contributed by atoms with Crippen molar-refractivity contribution in [3.8, 4) is 0 Å². The molecule has 4 heteroatoms. The summed E-state index contributed by atoms with van der Waals surface area (Å²) < 4.78 is 18.4. The third kappa shape index (κ3) is 6.30. The molecule has 0 unspecified atom stereocenters. The lowest BCUT2D eigenvalue weighted by atomic mass is 9.95. The highest BCUT2D eigenvalue weighted by Crippen LogP contribution is 2.32. The fourth-order valence-corrected chi connectivity index (χ4v) is 3.43. The molecule has 2 rings (SSSR count). The first-order valence-corrected chi connectivity index (χ1v) is 9.52. The first kappa shape index (κ1) is 18.4. The van der Waals surface area contributed by atoms with Crippen molar-refractivity contribution in [2.24, 2.45) is 5.92 Å². The smallest absolute Gasteiger partial charge is 0.157 e. The molecule has 0 spiro atoms. The molecule has 22 heavy (non-hydrogen) atoms. The van der Waals surface area contributed by atoms with Crippen molar-refractivity contribution < 1.29 is 14.2 Å². The predicted octanol–water partition coefficient (Wildman–Crippen LogP) is 5.00. The molecular formula is C18H29IO3. The molecule has 0 N–H and O–H groups in total. The molecule has 2 aliphatic rings. The summed E-state index contributed by atoms with van der Waals surface area (Å²) in [5, 5.41) is 0.